The predicted molar refractivity (Wildman–Crippen MR) is 254 cm³/mol. The van der Waals surface area contributed by atoms with E-state index in [4.69, 9.17) is 14.4 Å². The summed E-state index contributed by atoms with van der Waals surface area (Å²) in [6.07, 6.45) is 1.98. The van der Waals surface area contributed by atoms with Crippen LogP contribution < -0.4 is 0 Å². The first-order chi connectivity index (χ1) is 30.5. The molecule has 13 rings (SSSR count). The number of aryl methyl sites for hydroxylation is 1. The molecule has 8 aromatic carbocycles. The molecule has 1 atom stereocenters. The van der Waals surface area contributed by atoms with E-state index in [1.807, 2.05) is 0 Å². The van der Waals surface area contributed by atoms with E-state index in [2.05, 4.69) is 200 Å². The lowest BCUT2D eigenvalue weighted by molar-refractivity contribution is 0.653. The summed E-state index contributed by atoms with van der Waals surface area (Å²) >= 11 is 0. The molecule has 2 aliphatic rings. The molecular weight excluding hydrogens is 755 g/mol. The molecule has 4 heteroatoms. The Balaban J connectivity index is 1.09. The first-order valence-electron chi connectivity index (χ1n) is 21.8. The minimum atomic E-state index is -0.241. The van der Waals surface area contributed by atoms with Gasteiger partial charge in [-0.3, -0.25) is 4.57 Å². The molecule has 0 bridgehead atoms. The third-order valence-corrected chi connectivity index (χ3v) is 13.9. The lowest BCUT2D eigenvalue weighted by Crippen LogP contribution is -2.15. The molecule has 0 saturated carbocycles. The van der Waals surface area contributed by atoms with Crippen LogP contribution in [0.3, 0.4) is 0 Å². The quantitative estimate of drug-likeness (QED) is 0.178. The number of hydrogen-bond donors (Lipinski definition) is 0. The fourth-order valence-corrected chi connectivity index (χ4v) is 10.9. The molecule has 62 heavy (non-hydrogen) atoms. The van der Waals surface area contributed by atoms with Crippen LogP contribution in [0, 0.1) is 0 Å². The fourth-order valence-electron chi connectivity index (χ4n) is 10.9. The molecule has 3 heterocycles. The van der Waals surface area contributed by atoms with Crippen LogP contribution >= 0.6 is 0 Å². The molecule has 0 radical (unpaired) electrons. The number of fused-ring (bicyclic) bond motifs is 13. The highest BCUT2D eigenvalue weighted by molar-refractivity contribution is 6.18. The number of aromatic nitrogens is 3. The molecule has 0 fully saturated rings. The van der Waals surface area contributed by atoms with Crippen LogP contribution in [0.25, 0.3) is 94.5 Å². The van der Waals surface area contributed by atoms with Gasteiger partial charge in [0.25, 0.3) is 0 Å². The zero-order chi connectivity index (χ0) is 41.1. The van der Waals surface area contributed by atoms with Crippen molar-refractivity contribution in [3.63, 3.8) is 0 Å². The van der Waals surface area contributed by atoms with Crippen molar-refractivity contribution in [2.75, 3.05) is 0 Å². The van der Waals surface area contributed by atoms with Gasteiger partial charge in [0.15, 0.2) is 0 Å². The van der Waals surface area contributed by atoms with Crippen molar-refractivity contribution in [3.8, 4) is 50.7 Å². The summed E-state index contributed by atoms with van der Waals surface area (Å²) in [5, 5.41) is 4.54. The molecule has 3 aromatic heterocycles. The molecular formula is C58H41N3O. The van der Waals surface area contributed by atoms with Gasteiger partial charge in [-0.2, -0.15) is 0 Å². The van der Waals surface area contributed by atoms with Crippen LogP contribution in [-0.4, -0.2) is 14.5 Å². The monoisotopic (exact) mass is 795 g/mol. The lowest BCUT2D eigenvalue weighted by Gasteiger charge is -2.22. The topological polar surface area (TPSA) is 43.9 Å². The summed E-state index contributed by atoms with van der Waals surface area (Å²) < 4.78 is 9.23. The van der Waals surface area contributed by atoms with Gasteiger partial charge < -0.3 is 4.42 Å². The van der Waals surface area contributed by atoms with Crippen molar-refractivity contribution >= 4 is 43.7 Å². The molecule has 0 amide bonds. The molecule has 0 aliphatic heterocycles. The van der Waals surface area contributed by atoms with Crippen molar-refractivity contribution in [2.45, 2.75) is 38.0 Å². The second kappa shape index (κ2) is 13.2. The van der Waals surface area contributed by atoms with Crippen LogP contribution in [0.1, 0.15) is 54.0 Å². The van der Waals surface area contributed by atoms with Crippen molar-refractivity contribution in [2.24, 2.45) is 0 Å². The maximum atomic E-state index is 6.92. The normalized spacial score (nSPS) is 15.1. The second-order valence-corrected chi connectivity index (χ2v) is 17.6. The largest absolute Gasteiger partial charge is 0.455 e. The Kier molecular flexibility index (Phi) is 7.51. The molecule has 0 N–H and O–H groups in total. The van der Waals surface area contributed by atoms with E-state index in [1.54, 1.807) is 0 Å². The minimum Gasteiger partial charge on any atom is -0.455 e. The van der Waals surface area contributed by atoms with E-state index >= 15 is 0 Å². The van der Waals surface area contributed by atoms with Crippen molar-refractivity contribution in [1.82, 2.24) is 14.5 Å². The number of nitrogens with zero attached hydrogens (tertiary/aromatic N) is 3. The van der Waals surface area contributed by atoms with Gasteiger partial charge in [-0.1, -0.05) is 159 Å². The molecule has 294 valence electrons. The number of rotatable bonds is 4. The van der Waals surface area contributed by atoms with Crippen LogP contribution in [0.15, 0.2) is 186 Å². The third kappa shape index (κ3) is 5.07. The Bertz CT molecular complexity index is 3610. The van der Waals surface area contributed by atoms with Crippen molar-refractivity contribution in [1.29, 1.82) is 0 Å². The Labute approximate surface area is 359 Å². The summed E-state index contributed by atoms with van der Waals surface area (Å²) in [6.45, 7) is 4.66. The van der Waals surface area contributed by atoms with Gasteiger partial charge >= 0.3 is 0 Å². The van der Waals surface area contributed by atoms with Crippen LogP contribution in [0.2, 0.25) is 0 Å². The Morgan fingerprint density at radius 3 is 2.10 bits per heavy atom. The van der Waals surface area contributed by atoms with Crippen LogP contribution in [0.5, 0.6) is 0 Å². The van der Waals surface area contributed by atoms with Crippen molar-refractivity contribution < 1.29 is 4.42 Å². The number of hydrogen-bond acceptors (Lipinski definition) is 3. The van der Waals surface area contributed by atoms with Gasteiger partial charge in [-0.25, -0.2) is 9.97 Å². The van der Waals surface area contributed by atoms with E-state index in [0.717, 1.165) is 68.3 Å². The first-order valence-corrected chi connectivity index (χ1v) is 21.8. The molecule has 4 nitrogen and oxygen atoms in total. The maximum absolute atomic E-state index is 6.92. The first kappa shape index (κ1) is 35.2. The van der Waals surface area contributed by atoms with E-state index < -0.39 is 0 Å². The van der Waals surface area contributed by atoms with E-state index in [1.165, 1.54) is 60.8 Å². The van der Waals surface area contributed by atoms with Gasteiger partial charge in [0.1, 0.15) is 11.2 Å². The Morgan fingerprint density at radius 2 is 1.24 bits per heavy atom. The SMILES string of the molecule is CC1(C)c2ccccc2-c2c1cc(-c1cc(-c3ccccc3)nc(-n3c4ccccc4c4cc5c(cc43)CCC(c3ccccc3)c3ccccc3-5)n1)c1c2oc2ccccc21. The van der Waals surface area contributed by atoms with Gasteiger partial charge in [-0.15, -0.1) is 0 Å². The summed E-state index contributed by atoms with van der Waals surface area (Å²) in [7, 11) is 0. The van der Waals surface area contributed by atoms with Gasteiger partial charge in [0.2, 0.25) is 5.95 Å². The summed E-state index contributed by atoms with van der Waals surface area (Å²) in [5.41, 5.74) is 19.2. The zero-order valence-electron chi connectivity index (χ0n) is 34.6. The number of benzene rings is 8. The number of furan rings is 1. The molecule has 2 aliphatic carbocycles. The van der Waals surface area contributed by atoms with Gasteiger partial charge in [0, 0.05) is 49.6 Å². The molecule has 1 unspecified atom stereocenters. The highest BCUT2D eigenvalue weighted by atomic mass is 16.3. The average Bonchev–Trinajstić information content (AvgIpc) is 3.90. The lowest BCUT2D eigenvalue weighted by atomic mass is 9.81. The van der Waals surface area contributed by atoms with E-state index in [0.29, 0.717) is 11.9 Å². The Hall–Kier alpha value is -7.56. The predicted octanol–water partition coefficient (Wildman–Crippen LogP) is 14.9. The average molecular weight is 796 g/mol. The second-order valence-electron chi connectivity index (χ2n) is 17.6. The van der Waals surface area contributed by atoms with E-state index in [9.17, 15) is 0 Å². The highest BCUT2D eigenvalue weighted by Crippen LogP contribution is 2.55. The summed E-state index contributed by atoms with van der Waals surface area (Å²) in [5.74, 6) is 0.958. The zero-order valence-corrected chi connectivity index (χ0v) is 34.6. The van der Waals surface area contributed by atoms with Crippen molar-refractivity contribution in [3.05, 3.63) is 210 Å². The van der Waals surface area contributed by atoms with E-state index in [-0.39, 0.29) is 5.41 Å². The third-order valence-electron chi connectivity index (χ3n) is 13.9. The molecule has 0 spiro atoms. The Morgan fingerprint density at radius 1 is 0.548 bits per heavy atom. The fraction of sp³-hybridized carbons (Fsp3) is 0.103. The standard InChI is InChI=1S/C58H41N3O/c1-58(2)47-26-14-11-24-42(47)55-48(58)33-46(54-43-25-13-16-28-53(43)62-56(54)55)50-34-49(36-19-7-4-8-20-36)59-57(60-50)61-51-27-15-12-23-41(51)45-32-44-37(31-52(45)61)29-30-38(35-17-5-3-6-18-35)39-21-9-10-22-40(39)44/h3-28,31-34,38H,29-30H2,1-2H3. The molecule has 0 saturated heterocycles. The summed E-state index contributed by atoms with van der Waals surface area (Å²) in [4.78, 5) is 11.1. The highest BCUT2D eigenvalue weighted by Gasteiger charge is 2.39. The van der Waals surface area contributed by atoms with Gasteiger partial charge in [0.05, 0.1) is 22.4 Å². The smallest absolute Gasteiger partial charge is 0.235 e. The minimum absolute atomic E-state index is 0.241. The summed E-state index contributed by atoms with van der Waals surface area (Å²) in [6, 6.07) is 66.0. The number of para-hydroxylation sites is 2. The molecule has 11 aromatic rings. The maximum Gasteiger partial charge on any atom is 0.235 e. The van der Waals surface area contributed by atoms with Gasteiger partial charge in [-0.05, 0) is 93.7 Å². The van der Waals surface area contributed by atoms with Crippen LogP contribution in [0.4, 0.5) is 0 Å². The van der Waals surface area contributed by atoms with Crippen LogP contribution in [-0.2, 0) is 11.8 Å².